The summed E-state index contributed by atoms with van der Waals surface area (Å²) in [6.45, 7) is 2.18. The van der Waals surface area contributed by atoms with Gasteiger partial charge in [0.1, 0.15) is 24.2 Å². The fourth-order valence-corrected chi connectivity index (χ4v) is 4.87. The van der Waals surface area contributed by atoms with E-state index in [4.69, 9.17) is 4.74 Å². The molecule has 1 aliphatic rings. The molecule has 0 saturated heterocycles. The molecule has 0 bridgehead atoms. The van der Waals surface area contributed by atoms with E-state index in [-0.39, 0.29) is 30.7 Å². The van der Waals surface area contributed by atoms with E-state index in [0.29, 0.717) is 17.9 Å². The Bertz CT molecular complexity index is 1490. The van der Waals surface area contributed by atoms with Gasteiger partial charge in [0, 0.05) is 11.6 Å². The van der Waals surface area contributed by atoms with E-state index in [2.05, 4.69) is 10.3 Å². The highest BCUT2D eigenvalue weighted by Crippen LogP contribution is 2.37. The number of hydrogen-bond donors (Lipinski definition) is 1. The van der Waals surface area contributed by atoms with Crippen molar-refractivity contribution < 1.29 is 14.3 Å². The normalized spacial score (nSPS) is 15.8. The van der Waals surface area contributed by atoms with Crippen LogP contribution in [0.5, 0.6) is 0 Å². The van der Waals surface area contributed by atoms with Gasteiger partial charge < -0.3 is 10.1 Å². The molecule has 0 saturated carbocycles. The molecule has 1 aromatic heterocycles. The molecule has 0 fully saturated rings. The summed E-state index contributed by atoms with van der Waals surface area (Å²) in [7, 11) is 0. The Labute approximate surface area is 226 Å². The van der Waals surface area contributed by atoms with Gasteiger partial charge in [-0.15, -0.1) is 0 Å². The van der Waals surface area contributed by atoms with E-state index < -0.39 is 17.7 Å². The van der Waals surface area contributed by atoms with Gasteiger partial charge in [-0.1, -0.05) is 85.8 Å². The van der Waals surface area contributed by atoms with Gasteiger partial charge in [-0.2, -0.15) is 0 Å². The molecule has 0 aliphatic carbocycles. The molecule has 3 aromatic carbocycles. The van der Waals surface area contributed by atoms with Crippen molar-refractivity contribution in [3.8, 4) is 0 Å². The van der Waals surface area contributed by atoms with Gasteiger partial charge in [0.25, 0.3) is 5.56 Å². The van der Waals surface area contributed by atoms with Crippen LogP contribution < -0.4 is 15.8 Å². The summed E-state index contributed by atoms with van der Waals surface area (Å²) in [6, 6.07) is 27.1. The smallest absolute Gasteiger partial charge is 0.415 e. The number of aromatic nitrogens is 2. The SMILES string of the molecule is CCC1CC(C(=O)Nc2ccccc2)n2c1ncc(N(Cc1ccccc1)C(=O)OCc1ccccc1)c2=O. The minimum absolute atomic E-state index is 0.0501. The first-order valence-corrected chi connectivity index (χ1v) is 13.0. The Hall–Kier alpha value is -4.72. The third kappa shape index (κ3) is 5.75. The maximum Gasteiger partial charge on any atom is 0.415 e. The Kier molecular flexibility index (Phi) is 7.82. The maximum atomic E-state index is 14.0. The fourth-order valence-electron chi connectivity index (χ4n) is 4.87. The first-order chi connectivity index (χ1) is 19.0. The van der Waals surface area contributed by atoms with E-state index in [1.54, 1.807) is 12.1 Å². The molecule has 2 amide bonds. The van der Waals surface area contributed by atoms with E-state index >= 15 is 0 Å². The summed E-state index contributed by atoms with van der Waals surface area (Å²) in [5.74, 6) is 0.211. The quantitative estimate of drug-likeness (QED) is 0.322. The summed E-state index contributed by atoms with van der Waals surface area (Å²) in [4.78, 5) is 46.7. The van der Waals surface area contributed by atoms with Crippen molar-refractivity contribution in [2.45, 2.75) is 44.9 Å². The molecule has 0 radical (unpaired) electrons. The number of ether oxygens (including phenoxy) is 1. The average Bonchev–Trinajstić information content (AvgIpc) is 3.37. The predicted octanol–water partition coefficient (Wildman–Crippen LogP) is 5.66. The summed E-state index contributed by atoms with van der Waals surface area (Å²) < 4.78 is 7.07. The van der Waals surface area contributed by atoms with Crippen molar-refractivity contribution in [3.05, 3.63) is 124 Å². The zero-order chi connectivity index (χ0) is 27.2. The highest BCUT2D eigenvalue weighted by atomic mass is 16.6. The number of nitrogens with one attached hydrogen (secondary N) is 1. The minimum Gasteiger partial charge on any atom is -0.444 e. The zero-order valence-corrected chi connectivity index (χ0v) is 21.7. The number of amides is 2. The van der Waals surface area contributed by atoms with E-state index in [1.165, 1.54) is 15.7 Å². The van der Waals surface area contributed by atoms with Crippen LogP contribution in [0.2, 0.25) is 0 Å². The van der Waals surface area contributed by atoms with Gasteiger partial charge >= 0.3 is 6.09 Å². The van der Waals surface area contributed by atoms with Gasteiger partial charge in [0.05, 0.1) is 12.7 Å². The number of anilines is 2. The van der Waals surface area contributed by atoms with Crippen LogP contribution in [-0.2, 0) is 22.7 Å². The number of carbonyl (C=O) groups excluding carboxylic acids is 2. The average molecular weight is 523 g/mol. The largest absolute Gasteiger partial charge is 0.444 e. The van der Waals surface area contributed by atoms with Crippen LogP contribution in [0, 0.1) is 0 Å². The van der Waals surface area contributed by atoms with Gasteiger partial charge in [-0.05, 0) is 36.1 Å². The topological polar surface area (TPSA) is 93.5 Å². The lowest BCUT2D eigenvalue weighted by Gasteiger charge is -2.23. The molecule has 8 nitrogen and oxygen atoms in total. The molecule has 198 valence electrons. The molecule has 2 heterocycles. The molecule has 1 aliphatic heterocycles. The van der Waals surface area contributed by atoms with Crippen LogP contribution in [-0.4, -0.2) is 21.6 Å². The number of hydrogen-bond acceptors (Lipinski definition) is 5. The number of benzene rings is 3. The molecule has 1 N–H and O–H groups in total. The van der Waals surface area contributed by atoms with Crippen molar-refractivity contribution in [2.24, 2.45) is 0 Å². The molecule has 39 heavy (non-hydrogen) atoms. The third-order valence-electron chi connectivity index (χ3n) is 6.93. The van der Waals surface area contributed by atoms with Crippen molar-refractivity contribution in [2.75, 3.05) is 10.2 Å². The predicted molar refractivity (Wildman–Crippen MR) is 150 cm³/mol. The van der Waals surface area contributed by atoms with Crippen LogP contribution in [0.3, 0.4) is 0 Å². The second-order valence-electron chi connectivity index (χ2n) is 9.50. The van der Waals surface area contributed by atoms with Crippen LogP contribution >= 0.6 is 0 Å². The van der Waals surface area contributed by atoms with Crippen LogP contribution in [0.25, 0.3) is 0 Å². The van der Waals surface area contributed by atoms with E-state index in [9.17, 15) is 14.4 Å². The Morgan fingerprint density at radius 2 is 1.56 bits per heavy atom. The van der Waals surface area contributed by atoms with E-state index in [0.717, 1.165) is 17.5 Å². The molecule has 2 unspecified atom stereocenters. The third-order valence-corrected chi connectivity index (χ3v) is 6.93. The molecule has 8 heteroatoms. The van der Waals surface area contributed by atoms with Gasteiger partial charge in [-0.3, -0.25) is 19.1 Å². The fraction of sp³-hybridized carbons (Fsp3) is 0.226. The molecular formula is C31H30N4O4. The Balaban J connectivity index is 1.49. The van der Waals surface area contributed by atoms with Crippen LogP contribution in [0.1, 0.15) is 48.7 Å². The monoisotopic (exact) mass is 522 g/mol. The van der Waals surface area contributed by atoms with Crippen molar-refractivity contribution in [1.29, 1.82) is 0 Å². The second kappa shape index (κ2) is 11.8. The summed E-state index contributed by atoms with van der Waals surface area (Å²) in [5, 5.41) is 2.91. The lowest BCUT2D eigenvalue weighted by molar-refractivity contribution is -0.119. The number of fused-ring (bicyclic) bond motifs is 1. The molecule has 5 rings (SSSR count). The minimum atomic E-state index is -0.746. The maximum absolute atomic E-state index is 14.0. The number of carbonyl (C=O) groups is 2. The summed E-state index contributed by atoms with van der Waals surface area (Å²) in [6.07, 6.45) is 1.95. The molecule has 0 spiro atoms. The van der Waals surface area contributed by atoms with E-state index in [1.807, 2.05) is 85.8 Å². The second-order valence-corrected chi connectivity index (χ2v) is 9.50. The molecule has 2 atom stereocenters. The zero-order valence-electron chi connectivity index (χ0n) is 21.7. The lowest BCUT2D eigenvalue weighted by Crippen LogP contribution is -2.39. The lowest BCUT2D eigenvalue weighted by atomic mass is 10.0. The molecule has 4 aromatic rings. The van der Waals surface area contributed by atoms with Crippen LogP contribution in [0.4, 0.5) is 16.2 Å². The molecular weight excluding hydrogens is 492 g/mol. The number of nitrogens with zero attached hydrogens (tertiary/aromatic N) is 3. The standard InChI is InChI=1S/C31H30N4O4/c1-2-24-18-26(29(36)33-25-16-10-5-11-17-25)35-28(24)32-19-27(30(35)37)34(20-22-12-6-3-7-13-22)31(38)39-21-23-14-8-4-9-15-23/h3-17,19,24,26H,2,18,20-21H2,1H3,(H,33,36). The van der Waals surface area contributed by atoms with Gasteiger partial charge in [0.2, 0.25) is 5.91 Å². The van der Waals surface area contributed by atoms with Crippen LogP contribution in [0.15, 0.2) is 102 Å². The van der Waals surface area contributed by atoms with Gasteiger partial charge in [0.15, 0.2) is 0 Å². The highest BCUT2D eigenvalue weighted by Gasteiger charge is 2.38. The summed E-state index contributed by atoms with van der Waals surface area (Å²) in [5.41, 5.74) is 1.92. The Morgan fingerprint density at radius 1 is 0.949 bits per heavy atom. The highest BCUT2D eigenvalue weighted by molar-refractivity contribution is 5.94. The first kappa shape index (κ1) is 25.9. The summed E-state index contributed by atoms with van der Waals surface area (Å²) >= 11 is 0. The Morgan fingerprint density at radius 3 is 2.21 bits per heavy atom. The van der Waals surface area contributed by atoms with Crippen molar-refractivity contribution in [1.82, 2.24) is 9.55 Å². The first-order valence-electron chi connectivity index (χ1n) is 13.0. The van der Waals surface area contributed by atoms with Crippen molar-refractivity contribution >= 4 is 23.4 Å². The van der Waals surface area contributed by atoms with Crippen molar-refractivity contribution in [3.63, 3.8) is 0 Å². The number of rotatable bonds is 8. The van der Waals surface area contributed by atoms with Gasteiger partial charge in [-0.25, -0.2) is 9.78 Å². The number of para-hydroxylation sites is 1.